The van der Waals surface area contributed by atoms with Crippen LogP contribution in [0.25, 0.3) is 0 Å². The van der Waals surface area contributed by atoms with Gasteiger partial charge in [0.05, 0.1) is 6.10 Å². The predicted octanol–water partition coefficient (Wildman–Crippen LogP) is 2.58. The first kappa shape index (κ1) is 14.5. The summed E-state index contributed by atoms with van der Waals surface area (Å²) in [5, 5.41) is 9.37. The lowest BCUT2D eigenvalue weighted by atomic mass is 10.0. The minimum Gasteiger partial charge on any atom is -0.393 e. The fraction of sp³-hybridized carbons (Fsp3) is 0.929. The van der Waals surface area contributed by atoms with Crippen LogP contribution in [0, 0.1) is 5.92 Å². The minimum absolute atomic E-state index is 0.190. The molecule has 0 bridgehead atoms. The highest BCUT2D eigenvalue weighted by atomic mass is 16.3. The van der Waals surface area contributed by atoms with Crippen LogP contribution in [0.2, 0.25) is 0 Å². The van der Waals surface area contributed by atoms with Crippen molar-refractivity contribution >= 4 is 5.91 Å². The van der Waals surface area contributed by atoms with Gasteiger partial charge >= 0.3 is 0 Å². The van der Waals surface area contributed by atoms with E-state index in [1.807, 2.05) is 4.90 Å². The quantitative estimate of drug-likeness (QED) is 0.726. The molecule has 0 radical (unpaired) electrons. The summed E-state index contributed by atoms with van der Waals surface area (Å²) >= 11 is 0. The van der Waals surface area contributed by atoms with Crippen LogP contribution in [0.4, 0.5) is 0 Å². The zero-order chi connectivity index (χ0) is 12.7. The van der Waals surface area contributed by atoms with Gasteiger partial charge in [0.15, 0.2) is 0 Å². The number of rotatable bonds is 6. The first-order chi connectivity index (χ1) is 8.09. The van der Waals surface area contributed by atoms with E-state index in [1.165, 1.54) is 19.3 Å². The van der Waals surface area contributed by atoms with Crippen LogP contribution in [0.1, 0.15) is 58.8 Å². The molecule has 0 aromatic carbocycles. The predicted molar refractivity (Wildman–Crippen MR) is 69.7 cm³/mol. The Morgan fingerprint density at radius 3 is 2.47 bits per heavy atom. The van der Waals surface area contributed by atoms with Crippen LogP contribution < -0.4 is 0 Å². The fourth-order valence-corrected chi connectivity index (χ4v) is 2.28. The Labute approximate surface area is 105 Å². The van der Waals surface area contributed by atoms with E-state index >= 15 is 0 Å². The molecule has 1 heterocycles. The van der Waals surface area contributed by atoms with Crippen LogP contribution in [-0.4, -0.2) is 35.1 Å². The smallest absolute Gasteiger partial charge is 0.222 e. The number of piperidine rings is 1. The Hall–Kier alpha value is -0.570. The van der Waals surface area contributed by atoms with E-state index < -0.39 is 0 Å². The third-order valence-corrected chi connectivity index (χ3v) is 3.49. The molecule has 0 spiro atoms. The van der Waals surface area contributed by atoms with E-state index in [0.29, 0.717) is 6.42 Å². The first-order valence-corrected chi connectivity index (χ1v) is 7.05. The van der Waals surface area contributed by atoms with Gasteiger partial charge in [-0.05, 0) is 25.2 Å². The Morgan fingerprint density at radius 1 is 1.24 bits per heavy atom. The van der Waals surface area contributed by atoms with E-state index in [-0.39, 0.29) is 12.0 Å². The number of carbonyl (C=O) groups excluding carboxylic acids is 1. The van der Waals surface area contributed by atoms with Gasteiger partial charge in [-0.15, -0.1) is 0 Å². The van der Waals surface area contributed by atoms with Crippen LogP contribution >= 0.6 is 0 Å². The highest BCUT2D eigenvalue weighted by Crippen LogP contribution is 2.14. The Kier molecular flexibility index (Phi) is 6.56. The largest absolute Gasteiger partial charge is 0.393 e. The number of carbonyl (C=O) groups is 1. The van der Waals surface area contributed by atoms with Crippen molar-refractivity contribution in [2.75, 3.05) is 13.1 Å². The molecule has 0 atom stereocenters. The molecule has 1 amide bonds. The number of hydrogen-bond acceptors (Lipinski definition) is 2. The summed E-state index contributed by atoms with van der Waals surface area (Å²) in [5.41, 5.74) is 0. The number of unbranched alkanes of at least 4 members (excludes halogenated alkanes) is 2. The van der Waals surface area contributed by atoms with Gasteiger partial charge in [0.25, 0.3) is 0 Å². The van der Waals surface area contributed by atoms with Gasteiger partial charge in [-0.2, -0.15) is 0 Å². The monoisotopic (exact) mass is 241 g/mol. The molecule has 1 N–H and O–H groups in total. The average Bonchev–Trinajstić information content (AvgIpc) is 2.29. The summed E-state index contributed by atoms with van der Waals surface area (Å²) in [4.78, 5) is 13.8. The van der Waals surface area contributed by atoms with E-state index in [0.717, 1.165) is 38.3 Å². The van der Waals surface area contributed by atoms with Gasteiger partial charge in [-0.25, -0.2) is 0 Å². The SMILES string of the molecule is CC(C)CCCCCC(=O)N1CCC(O)CC1. The molecule has 0 aliphatic carbocycles. The summed E-state index contributed by atoms with van der Waals surface area (Å²) in [6.45, 7) is 5.96. The van der Waals surface area contributed by atoms with Crippen LogP contribution in [0.15, 0.2) is 0 Å². The maximum Gasteiger partial charge on any atom is 0.222 e. The summed E-state index contributed by atoms with van der Waals surface area (Å²) in [6, 6.07) is 0. The fourth-order valence-electron chi connectivity index (χ4n) is 2.28. The van der Waals surface area contributed by atoms with E-state index in [9.17, 15) is 9.90 Å². The second-order valence-electron chi connectivity index (χ2n) is 5.61. The maximum absolute atomic E-state index is 11.8. The van der Waals surface area contributed by atoms with Crippen molar-refractivity contribution in [1.82, 2.24) is 4.90 Å². The summed E-state index contributed by atoms with van der Waals surface area (Å²) in [6.07, 6.45) is 6.69. The second-order valence-corrected chi connectivity index (χ2v) is 5.61. The molecule has 3 nitrogen and oxygen atoms in total. The summed E-state index contributed by atoms with van der Waals surface area (Å²) in [7, 11) is 0. The van der Waals surface area contributed by atoms with Gasteiger partial charge in [0, 0.05) is 19.5 Å². The topological polar surface area (TPSA) is 40.5 Å². The lowest BCUT2D eigenvalue weighted by Gasteiger charge is -2.29. The second kappa shape index (κ2) is 7.70. The number of hydrogen-bond donors (Lipinski definition) is 1. The highest BCUT2D eigenvalue weighted by molar-refractivity contribution is 5.76. The molecule has 100 valence electrons. The molecule has 1 rings (SSSR count). The van der Waals surface area contributed by atoms with Gasteiger partial charge in [0.2, 0.25) is 5.91 Å². The Morgan fingerprint density at radius 2 is 1.88 bits per heavy atom. The van der Waals surface area contributed by atoms with E-state index in [2.05, 4.69) is 13.8 Å². The zero-order valence-electron chi connectivity index (χ0n) is 11.3. The van der Waals surface area contributed by atoms with Crippen molar-refractivity contribution in [3.8, 4) is 0 Å². The molecule has 0 saturated carbocycles. The van der Waals surface area contributed by atoms with Crippen molar-refractivity contribution in [3.63, 3.8) is 0 Å². The molecule has 17 heavy (non-hydrogen) atoms. The van der Waals surface area contributed by atoms with Crippen molar-refractivity contribution in [1.29, 1.82) is 0 Å². The number of amides is 1. The van der Waals surface area contributed by atoms with Gasteiger partial charge in [-0.3, -0.25) is 4.79 Å². The Balaban J connectivity index is 2.05. The van der Waals surface area contributed by atoms with Gasteiger partial charge in [-0.1, -0.05) is 33.1 Å². The van der Waals surface area contributed by atoms with Crippen molar-refractivity contribution in [2.24, 2.45) is 5.92 Å². The van der Waals surface area contributed by atoms with Crippen LogP contribution in [-0.2, 0) is 4.79 Å². The third-order valence-electron chi connectivity index (χ3n) is 3.49. The molecule has 3 heteroatoms. The molecule has 0 aromatic heterocycles. The van der Waals surface area contributed by atoms with Crippen molar-refractivity contribution < 1.29 is 9.90 Å². The number of aliphatic hydroxyl groups is 1. The molecular formula is C14H27NO2. The van der Waals surface area contributed by atoms with E-state index in [1.54, 1.807) is 0 Å². The van der Waals surface area contributed by atoms with Crippen LogP contribution in [0.3, 0.4) is 0 Å². The number of nitrogens with zero attached hydrogens (tertiary/aromatic N) is 1. The van der Waals surface area contributed by atoms with Crippen molar-refractivity contribution in [2.45, 2.75) is 64.9 Å². The minimum atomic E-state index is -0.190. The standard InChI is InChI=1S/C14H27NO2/c1-12(2)6-4-3-5-7-14(17)15-10-8-13(16)9-11-15/h12-13,16H,3-11H2,1-2H3. The lowest BCUT2D eigenvalue weighted by Crippen LogP contribution is -2.39. The molecule has 1 aliphatic heterocycles. The highest BCUT2D eigenvalue weighted by Gasteiger charge is 2.20. The zero-order valence-corrected chi connectivity index (χ0v) is 11.3. The molecule has 0 unspecified atom stereocenters. The number of aliphatic hydroxyl groups excluding tert-OH is 1. The molecule has 1 aliphatic rings. The van der Waals surface area contributed by atoms with E-state index in [4.69, 9.17) is 0 Å². The molecular weight excluding hydrogens is 214 g/mol. The van der Waals surface area contributed by atoms with Gasteiger partial charge in [0.1, 0.15) is 0 Å². The van der Waals surface area contributed by atoms with Crippen LogP contribution in [0.5, 0.6) is 0 Å². The Bertz CT molecular complexity index is 220. The molecule has 1 fully saturated rings. The summed E-state index contributed by atoms with van der Waals surface area (Å²) in [5.74, 6) is 1.05. The lowest BCUT2D eigenvalue weighted by molar-refractivity contribution is -0.133. The first-order valence-electron chi connectivity index (χ1n) is 7.05. The van der Waals surface area contributed by atoms with Crippen molar-refractivity contribution in [3.05, 3.63) is 0 Å². The summed E-state index contributed by atoms with van der Waals surface area (Å²) < 4.78 is 0. The molecule has 1 saturated heterocycles. The molecule has 0 aromatic rings. The normalized spacial score (nSPS) is 17.8. The average molecular weight is 241 g/mol. The van der Waals surface area contributed by atoms with Gasteiger partial charge < -0.3 is 10.0 Å². The number of likely N-dealkylation sites (tertiary alicyclic amines) is 1. The third kappa shape index (κ3) is 6.06. The maximum atomic E-state index is 11.8.